The molecule has 0 unspecified atom stereocenters. The number of nitrogens with one attached hydrogen (secondary N) is 2. The number of ether oxygens (including phenoxy) is 1. The lowest BCUT2D eigenvalue weighted by atomic mass is 9.87. The van der Waals surface area contributed by atoms with E-state index >= 15 is 0 Å². The van der Waals surface area contributed by atoms with Gasteiger partial charge in [-0.25, -0.2) is 9.78 Å². The molecule has 10 nitrogen and oxygen atoms in total. The zero-order valence-electron chi connectivity index (χ0n) is 27.2. The predicted octanol–water partition coefficient (Wildman–Crippen LogP) is 5.42. The highest BCUT2D eigenvalue weighted by Crippen LogP contribution is 2.30. The number of rotatable bonds is 8. The molecule has 2 saturated heterocycles. The van der Waals surface area contributed by atoms with Crippen LogP contribution in [-0.4, -0.2) is 103 Å². The van der Waals surface area contributed by atoms with Crippen LogP contribution in [0.25, 0.3) is 22.4 Å². The van der Waals surface area contributed by atoms with Crippen LogP contribution in [-0.2, 0) is 10.2 Å². The summed E-state index contributed by atoms with van der Waals surface area (Å²) in [4.78, 5) is 40.6. The van der Waals surface area contributed by atoms with Gasteiger partial charge in [0.15, 0.2) is 0 Å². The van der Waals surface area contributed by atoms with Crippen LogP contribution in [0.15, 0.2) is 66.7 Å². The number of para-hydroxylation sites is 1. The average Bonchev–Trinajstić information content (AvgIpc) is 3.36. The minimum absolute atomic E-state index is 0.122. The molecule has 2 N–H and O–H groups in total. The Bertz CT molecular complexity index is 1620. The van der Waals surface area contributed by atoms with Crippen molar-refractivity contribution in [1.29, 1.82) is 0 Å². The van der Waals surface area contributed by atoms with Gasteiger partial charge in [0.25, 0.3) is 0 Å². The lowest BCUT2D eigenvalue weighted by Gasteiger charge is -2.36. The topological polar surface area (TPSA) is 97.0 Å². The van der Waals surface area contributed by atoms with Crippen molar-refractivity contribution in [2.75, 3.05) is 75.7 Å². The molecule has 242 valence electrons. The van der Waals surface area contributed by atoms with Gasteiger partial charge in [0.2, 0.25) is 6.41 Å². The van der Waals surface area contributed by atoms with Crippen LogP contribution in [0.5, 0.6) is 5.75 Å². The summed E-state index contributed by atoms with van der Waals surface area (Å²) in [6.45, 7) is 14.3. The van der Waals surface area contributed by atoms with Crippen molar-refractivity contribution in [3.05, 3.63) is 72.3 Å². The van der Waals surface area contributed by atoms with Gasteiger partial charge in [0.05, 0.1) is 11.2 Å². The van der Waals surface area contributed by atoms with E-state index in [2.05, 4.69) is 83.3 Å². The summed E-state index contributed by atoms with van der Waals surface area (Å²) in [6, 6.07) is 22.5. The Kier molecular flexibility index (Phi) is 9.44. The Balaban J connectivity index is 0.969. The number of carbonyl (C=O) groups is 2. The molecular formula is C36H45N7O3. The number of aromatic nitrogens is 2. The van der Waals surface area contributed by atoms with E-state index in [0.29, 0.717) is 32.8 Å². The fourth-order valence-electron chi connectivity index (χ4n) is 6.12. The van der Waals surface area contributed by atoms with Crippen LogP contribution < -0.4 is 15.0 Å². The van der Waals surface area contributed by atoms with E-state index < -0.39 is 0 Å². The van der Waals surface area contributed by atoms with Crippen molar-refractivity contribution < 1.29 is 14.3 Å². The molecule has 3 heterocycles. The third kappa shape index (κ3) is 7.45. The van der Waals surface area contributed by atoms with E-state index in [0.717, 1.165) is 79.4 Å². The molecule has 2 aliphatic heterocycles. The maximum atomic E-state index is 12.7. The van der Waals surface area contributed by atoms with Gasteiger partial charge in [-0.05, 0) is 53.8 Å². The smallest absolute Gasteiger partial charge is 0.321 e. The molecule has 0 atom stereocenters. The molecule has 10 heteroatoms. The summed E-state index contributed by atoms with van der Waals surface area (Å²) < 4.78 is 6.03. The maximum absolute atomic E-state index is 12.7. The van der Waals surface area contributed by atoms with Crippen LogP contribution in [0.4, 0.5) is 16.2 Å². The summed E-state index contributed by atoms with van der Waals surface area (Å²) in [6.07, 6.45) is 1.63. The van der Waals surface area contributed by atoms with Gasteiger partial charge >= 0.3 is 6.03 Å². The highest BCUT2D eigenvalue weighted by atomic mass is 16.5. The first kappa shape index (κ1) is 31.4. The monoisotopic (exact) mass is 623 g/mol. The average molecular weight is 624 g/mol. The molecule has 0 radical (unpaired) electrons. The molecule has 0 aliphatic carbocycles. The second-order valence-corrected chi connectivity index (χ2v) is 13.2. The van der Waals surface area contributed by atoms with Crippen molar-refractivity contribution >= 4 is 34.8 Å². The first-order valence-corrected chi connectivity index (χ1v) is 16.3. The molecule has 0 spiro atoms. The molecule has 3 amide bonds. The molecule has 0 saturated carbocycles. The predicted molar refractivity (Wildman–Crippen MR) is 184 cm³/mol. The van der Waals surface area contributed by atoms with Gasteiger partial charge in [-0.15, -0.1) is 0 Å². The molecule has 0 bridgehead atoms. The van der Waals surface area contributed by atoms with Crippen molar-refractivity contribution in [3.8, 4) is 17.1 Å². The Morgan fingerprint density at radius 2 is 1.67 bits per heavy atom. The molecule has 2 fully saturated rings. The van der Waals surface area contributed by atoms with Gasteiger partial charge in [-0.2, -0.15) is 0 Å². The van der Waals surface area contributed by atoms with E-state index in [4.69, 9.17) is 9.72 Å². The highest BCUT2D eigenvalue weighted by Gasteiger charge is 2.21. The Morgan fingerprint density at radius 1 is 0.913 bits per heavy atom. The third-order valence-corrected chi connectivity index (χ3v) is 8.98. The van der Waals surface area contributed by atoms with Crippen LogP contribution in [0, 0.1) is 0 Å². The van der Waals surface area contributed by atoms with E-state index in [1.165, 1.54) is 11.3 Å². The highest BCUT2D eigenvalue weighted by molar-refractivity contribution is 5.91. The van der Waals surface area contributed by atoms with E-state index in [1.807, 2.05) is 24.3 Å². The number of hydrogen-bond donors (Lipinski definition) is 2. The summed E-state index contributed by atoms with van der Waals surface area (Å²) in [7, 11) is 0. The van der Waals surface area contributed by atoms with Crippen LogP contribution >= 0.6 is 0 Å². The number of anilines is 2. The largest absolute Gasteiger partial charge is 0.492 e. The van der Waals surface area contributed by atoms with Gasteiger partial charge in [0.1, 0.15) is 23.7 Å². The van der Waals surface area contributed by atoms with Crippen molar-refractivity contribution in [2.24, 2.45) is 0 Å². The molecule has 1 aromatic heterocycles. The number of urea groups is 1. The standard InChI is InChI=1S/C36H45N7O3/c1-36(2,3)28-10-8-27(9-11-28)34-38-31-6-4-7-32(33(31)39-34)42-21-18-40(19-22-42)24-25-46-30-14-12-29(13-15-30)37-35(45)43-17-5-16-41(26-44)20-23-43/h4,6-15,26H,5,16-25H2,1-3H3,(H,37,45)(H,38,39). The summed E-state index contributed by atoms with van der Waals surface area (Å²) >= 11 is 0. The van der Waals surface area contributed by atoms with Crippen LogP contribution in [0.1, 0.15) is 32.8 Å². The fraction of sp³-hybridized carbons (Fsp3) is 0.417. The summed E-state index contributed by atoms with van der Waals surface area (Å²) in [5.41, 5.74) is 6.51. The number of piperazine rings is 1. The summed E-state index contributed by atoms with van der Waals surface area (Å²) in [5.74, 6) is 1.68. The number of benzene rings is 3. The number of fused-ring (bicyclic) bond motifs is 1. The van der Waals surface area contributed by atoms with E-state index in [-0.39, 0.29) is 11.4 Å². The van der Waals surface area contributed by atoms with Crippen molar-refractivity contribution in [2.45, 2.75) is 32.6 Å². The SMILES string of the molecule is CC(C)(C)c1ccc(-c2nc3c(N4CCN(CCOc5ccc(NC(=O)N6CCCN(C=O)CC6)cc5)CC4)cccc3[nH]2)cc1. The molecule has 2 aliphatic rings. The quantitative estimate of drug-likeness (QED) is 0.255. The molecule has 4 aromatic rings. The number of carbonyl (C=O) groups excluding carboxylic acids is 2. The summed E-state index contributed by atoms with van der Waals surface area (Å²) in [5, 5.41) is 2.96. The minimum atomic E-state index is -0.143. The number of amides is 3. The Hall–Kier alpha value is -4.57. The first-order valence-electron chi connectivity index (χ1n) is 16.3. The fourth-order valence-corrected chi connectivity index (χ4v) is 6.12. The number of imidazole rings is 1. The number of H-pyrrole nitrogens is 1. The lowest BCUT2D eigenvalue weighted by molar-refractivity contribution is -0.118. The van der Waals surface area contributed by atoms with Crippen LogP contribution in [0.3, 0.4) is 0 Å². The van der Waals surface area contributed by atoms with Gasteiger partial charge in [0, 0.05) is 70.2 Å². The van der Waals surface area contributed by atoms with Gasteiger partial charge in [-0.1, -0.05) is 51.1 Å². The second-order valence-electron chi connectivity index (χ2n) is 13.2. The van der Waals surface area contributed by atoms with Gasteiger partial charge < -0.3 is 29.7 Å². The molecule has 3 aromatic carbocycles. The van der Waals surface area contributed by atoms with E-state index in [1.54, 1.807) is 9.80 Å². The normalized spacial score (nSPS) is 16.4. The Morgan fingerprint density at radius 3 is 2.39 bits per heavy atom. The van der Waals surface area contributed by atoms with Crippen molar-refractivity contribution in [3.63, 3.8) is 0 Å². The Labute approximate surface area is 271 Å². The second kappa shape index (κ2) is 13.8. The molecular weight excluding hydrogens is 578 g/mol. The van der Waals surface area contributed by atoms with Crippen LogP contribution in [0.2, 0.25) is 0 Å². The lowest BCUT2D eigenvalue weighted by Crippen LogP contribution is -2.47. The van der Waals surface area contributed by atoms with E-state index in [9.17, 15) is 9.59 Å². The minimum Gasteiger partial charge on any atom is -0.492 e. The molecule has 6 rings (SSSR count). The number of hydrogen-bond acceptors (Lipinski definition) is 6. The zero-order chi connectivity index (χ0) is 32.1. The van der Waals surface area contributed by atoms with Crippen molar-refractivity contribution in [1.82, 2.24) is 24.7 Å². The van der Waals surface area contributed by atoms with Gasteiger partial charge in [-0.3, -0.25) is 9.69 Å². The number of nitrogens with zero attached hydrogens (tertiary/aromatic N) is 5. The third-order valence-electron chi connectivity index (χ3n) is 8.98. The first-order chi connectivity index (χ1) is 22.3. The zero-order valence-corrected chi connectivity index (χ0v) is 27.2. The maximum Gasteiger partial charge on any atom is 0.321 e. The molecule has 46 heavy (non-hydrogen) atoms. The number of aromatic amines is 1.